The van der Waals surface area contributed by atoms with Crippen LogP contribution in [0.4, 0.5) is 0 Å². The number of nitrogens with two attached hydrogens (primary N) is 1. The van der Waals surface area contributed by atoms with Crippen molar-refractivity contribution in [2.75, 3.05) is 20.3 Å². The number of phenols is 2. The van der Waals surface area contributed by atoms with Crippen LogP contribution >= 0.6 is 0 Å². The highest BCUT2D eigenvalue weighted by molar-refractivity contribution is 6.31. The molecule has 418 valence electrons. The van der Waals surface area contributed by atoms with Gasteiger partial charge in [-0.2, -0.15) is 0 Å². The number of methoxy groups -OCH3 is 1. The monoisotopic (exact) mass is 1060 g/mol. The second-order valence-electron chi connectivity index (χ2n) is 24.1. The number of phenolic OH excluding ortho intramolecular Hbond substituents is 2. The normalized spacial score (nSPS) is 37.3. The van der Waals surface area contributed by atoms with Gasteiger partial charge in [-0.05, 0) is 137 Å². The molecule has 1 heterocycles. The Hall–Kier alpha value is -4.57. The van der Waals surface area contributed by atoms with E-state index in [1.807, 2.05) is 0 Å². The SMILES string of the molecule is COc1cccc2c1C(=O)c1c(O)c3c(c(O)c1C2=O)CC(O)(C(=O)CO)CC3OC1CC(NC(=O)C(CCCCN)NC(=O)CCC(C)C2CCC3C4C(O)CC5CC(O)CCC5(C)C4CC(O)C23C)C(O)C(C)O1. The molecule has 1 saturated heterocycles. The number of Topliss-reactive ketones (excluding diaryl/α,β-unsaturated/α-hetero) is 1. The highest BCUT2D eigenvalue weighted by atomic mass is 16.7. The first-order valence-corrected chi connectivity index (χ1v) is 27.6. The minimum Gasteiger partial charge on any atom is -0.507 e. The van der Waals surface area contributed by atoms with Crippen molar-refractivity contribution in [3.05, 3.63) is 51.6 Å². The van der Waals surface area contributed by atoms with E-state index < -0.39 is 125 Å². The zero-order valence-corrected chi connectivity index (χ0v) is 44.3. The molecule has 0 bridgehead atoms. The van der Waals surface area contributed by atoms with Crippen molar-refractivity contribution in [1.82, 2.24) is 10.6 Å². The van der Waals surface area contributed by atoms with Crippen LogP contribution in [0.25, 0.3) is 0 Å². The third-order valence-electron chi connectivity index (χ3n) is 20.0. The van der Waals surface area contributed by atoms with Crippen molar-refractivity contribution >= 4 is 29.2 Å². The zero-order chi connectivity index (χ0) is 54.9. The minimum absolute atomic E-state index is 0.0366. The predicted octanol–water partition coefficient (Wildman–Crippen LogP) is 3.15. The lowest BCUT2D eigenvalue weighted by atomic mass is 9.43. The summed E-state index contributed by atoms with van der Waals surface area (Å²) >= 11 is 0. The van der Waals surface area contributed by atoms with Crippen LogP contribution in [0.3, 0.4) is 0 Å². The molecule has 2 aromatic carbocycles. The van der Waals surface area contributed by atoms with Gasteiger partial charge < -0.3 is 71.4 Å². The molecule has 19 heteroatoms. The van der Waals surface area contributed by atoms with Crippen LogP contribution in [0.15, 0.2) is 18.2 Å². The predicted molar refractivity (Wildman–Crippen MR) is 273 cm³/mol. The van der Waals surface area contributed by atoms with Crippen LogP contribution in [-0.4, -0.2) is 145 Å². The molecule has 0 radical (unpaired) electrons. The molecule has 1 aliphatic heterocycles. The van der Waals surface area contributed by atoms with E-state index in [9.17, 15) is 64.8 Å². The summed E-state index contributed by atoms with van der Waals surface area (Å²) < 4.78 is 17.8. The third-order valence-corrected chi connectivity index (χ3v) is 20.0. The molecule has 4 saturated carbocycles. The van der Waals surface area contributed by atoms with Crippen LogP contribution in [-0.2, 0) is 30.3 Å². The molecule has 9 rings (SSSR count). The average molecular weight is 1060 g/mol. The first-order valence-electron chi connectivity index (χ1n) is 27.6. The first-order chi connectivity index (χ1) is 36.0. The van der Waals surface area contributed by atoms with Crippen LogP contribution < -0.4 is 21.1 Å². The largest absolute Gasteiger partial charge is 0.507 e. The van der Waals surface area contributed by atoms with Crippen LogP contribution in [0.2, 0.25) is 0 Å². The number of hydrogen-bond acceptors (Lipinski definition) is 17. The van der Waals surface area contributed by atoms with Gasteiger partial charge in [0.15, 0.2) is 17.9 Å². The Balaban J connectivity index is 0.887. The van der Waals surface area contributed by atoms with Crippen molar-refractivity contribution in [1.29, 1.82) is 0 Å². The average Bonchev–Trinajstić information content (AvgIpc) is 3.83. The van der Waals surface area contributed by atoms with E-state index >= 15 is 0 Å². The Morgan fingerprint density at radius 2 is 1.66 bits per heavy atom. The van der Waals surface area contributed by atoms with Gasteiger partial charge in [-0.3, -0.25) is 24.0 Å². The highest BCUT2D eigenvalue weighted by Gasteiger charge is 2.66. The number of benzene rings is 2. The van der Waals surface area contributed by atoms with Crippen molar-refractivity contribution < 1.29 is 79.0 Å². The van der Waals surface area contributed by atoms with Gasteiger partial charge in [-0.25, -0.2) is 0 Å². The van der Waals surface area contributed by atoms with E-state index in [0.29, 0.717) is 45.1 Å². The minimum atomic E-state index is -2.39. The molecule has 18 atom stereocenters. The maximum atomic E-state index is 14.3. The smallest absolute Gasteiger partial charge is 0.242 e. The molecule has 12 N–H and O–H groups in total. The number of carbonyl (C=O) groups is 5. The van der Waals surface area contributed by atoms with Gasteiger partial charge >= 0.3 is 0 Å². The van der Waals surface area contributed by atoms with Gasteiger partial charge in [-0.15, -0.1) is 0 Å². The van der Waals surface area contributed by atoms with Crippen LogP contribution in [0, 0.1) is 46.3 Å². The first kappa shape index (κ1) is 56.2. The van der Waals surface area contributed by atoms with Crippen molar-refractivity contribution in [3.8, 4) is 17.2 Å². The zero-order valence-electron chi connectivity index (χ0n) is 44.3. The highest BCUT2D eigenvalue weighted by Crippen LogP contribution is 2.68. The fourth-order valence-electron chi connectivity index (χ4n) is 15.9. The number of hydrogen-bond donors (Lipinski definition) is 11. The molecule has 2 aromatic rings. The Morgan fingerprint density at radius 3 is 2.37 bits per heavy atom. The van der Waals surface area contributed by atoms with Gasteiger partial charge in [0.05, 0.1) is 60.4 Å². The van der Waals surface area contributed by atoms with Gasteiger partial charge in [0.2, 0.25) is 17.6 Å². The molecule has 76 heavy (non-hydrogen) atoms. The lowest BCUT2D eigenvalue weighted by Gasteiger charge is -2.63. The summed E-state index contributed by atoms with van der Waals surface area (Å²) in [7, 11) is 1.31. The quantitative estimate of drug-likeness (QED) is 0.0725. The Labute approximate surface area is 443 Å². The van der Waals surface area contributed by atoms with Gasteiger partial charge in [0.1, 0.15) is 41.6 Å². The van der Waals surface area contributed by atoms with Crippen LogP contribution in [0.1, 0.15) is 167 Å². The molecular weight excluding hydrogens is 983 g/mol. The van der Waals surface area contributed by atoms with Gasteiger partial charge in [0, 0.05) is 42.4 Å². The summed E-state index contributed by atoms with van der Waals surface area (Å²) in [6.45, 7) is 7.38. The van der Waals surface area contributed by atoms with E-state index in [1.54, 1.807) is 0 Å². The molecular formula is C57H79N3O16. The number of ketones is 3. The lowest BCUT2D eigenvalue weighted by Crippen LogP contribution is -2.62. The summed E-state index contributed by atoms with van der Waals surface area (Å²) in [6, 6.07) is 2.23. The fraction of sp³-hybridized carbons (Fsp3) is 0.702. The van der Waals surface area contributed by atoms with E-state index in [4.69, 9.17) is 19.9 Å². The molecule has 0 spiro atoms. The number of unbranched alkanes of at least 4 members (excludes halogenated alkanes) is 1. The molecule has 18 unspecified atom stereocenters. The topological polar surface area (TPSA) is 325 Å². The fourth-order valence-corrected chi connectivity index (χ4v) is 15.9. The number of carbonyl (C=O) groups excluding carboxylic acids is 5. The standard InChI is InChI=1S/C57H79N3O16/c1-26(32-13-14-33-46-34(21-40(64)56(32,33)4)55(3)17-16-29(62)19-28(55)20-37(46)63)12-15-42(66)59-35(10-6-7-18-58)54(72)60-36-22-43(75-27(2)49(36)67)76-39-24-57(73,41(65)25-61)23-31-45(39)53(71)48-47(51(31)69)50(68)30-9-8-11-38(74-5)44(30)52(48)70/h8-9,11,26-29,32-37,39-40,43,46,49,61-64,67,69,71,73H,6-7,10,12-25,58H2,1-5H3,(H,59,66)(H,60,72). The number of aliphatic hydroxyl groups excluding tert-OH is 5. The number of fused-ring (bicyclic) bond motifs is 8. The number of amides is 2. The summed E-state index contributed by atoms with van der Waals surface area (Å²) in [6.07, 6.45) is -0.859. The molecule has 0 aromatic heterocycles. The summed E-state index contributed by atoms with van der Waals surface area (Å²) in [5.74, 6) is -4.44. The number of aliphatic hydroxyl groups is 6. The third kappa shape index (κ3) is 9.56. The Kier molecular flexibility index (Phi) is 15.9. The lowest BCUT2D eigenvalue weighted by molar-refractivity contribution is -0.249. The number of rotatable bonds is 16. The molecule has 19 nitrogen and oxygen atoms in total. The maximum Gasteiger partial charge on any atom is 0.242 e. The van der Waals surface area contributed by atoms with Crippen molar-refractivity contribution in [3.63, 3.8) is 0 Å². The number of ether oxygens (including phenoxy) is 3. The van der Waals surface area contributed by atoms with Gasteiger partial charge in [0.25, 0.3) is 0 Å². The summed E-state index contributed by atoms with van der Waals surface area (Å²) in [5, 5.41) is 97.1. The number of aromatic hydroxyl groups is 2. The van der Waals surface area contributed by atoms with Crippen molar-refractivity contribution in [2.45, 2.75) is 185 Å². The Bertz CT molecular complexity index is 2590. The van der Waals surface area contributed by atoms with E-state index in [-0.39, 0.29) is 100 Å². The Morgan fingerprint density at radius 1 is 0.921 bits per heavy atom. The van der Waals surface area contributed by atoms with Gasteiger partial charge in [-0.1, -0.05) is 32.9 Å². The molecule has 6 aliphatic carbocycles. The van der Waals surface area contributed by atoms with Crippen molar-refractivity contribution in [2.24, 2.45) is 52.1 Å². The molecule has 2 amide bonds. The van der Waals surface area contributed by atoms with E-state index in [0.717, 1.165) is 25.7 Å². The van der Waals surface area contributed by atoms with E-state index in [1.165, 1.54) is 32.2 Å². The van der Waals surface area contributed by atoms with E-state index in [2.05, 4.69) is 31.4 Å². The summed E-state index contributed by atoms with van der Waals surface area (Å²) in [5.41, 5.74) is 1.09. The maximum absolute atomic E-state index is 14.3. The second kappa shape index (κ2) is 21.6. The number of nitrogens with one attached hydrogen (secondary N) is 2. The molecule has 5 fully saturated rings. The second-order valence-corrected chi connectivity index (χ2v) is 24.1. The van der Waals surface area contributed by atoms with Crippen LogP contribution in [0.5, 0.6) is 17.2 Å². The molecule has 7 aliphatic rings. The summed E-state index contributed by atoms with van der Waals surface area (Å²) in [4.78, 5) is 69.5.